The van der Waals surface area contributed by atoms with E-state index in [-0.39, 0.29) is 17.6 Å². The molecule has 2 unspecified atom stereocenters. The molecule has 0 amide bonds. The Hall–Kier alpha value is 0.0500. The number of aryl methyl sites for hydroxylation is 1. The van der Waals surface area contributed by atoms with Crippen LogP contribution in [0.1, 0.15) is 32.1 Å². The minimum Gasteiger partial charge on any atom is -0.378 e. The van der Waals surface area contributed by atoms with E-state index in [2.05, 4.69) is 20.7 Å². The Labute approximate surface area is 133 Å². The predicted octanol–water partition coefficient (Wildman–Crippen LogP) is 3.30. The van der Waals surface area contributed by atoms with E-state index in [1.807, 2.05) is 27.7 Å². The standard InChI is InChI=1S/C13H20BrNO3S2/c1-5-18-11-7-10(13(11,3)4)15-20(16,17)9-6-12(14)19-8(9)2/h6,10-11,15H,5,7H2,1-4H3. The Balaban J connectivity index is 2.13. The summed E-state index contributed by atoms with van der Waals surface area (Å²) in [6.45, 7) is 8.52. The minimum atomic E-state index is -3.46. The van der Waals surface area contributed by atoms with Crippen molar-refractivity contribution in [2.45, 2.75) is 51.2 Å². The van der Waals surface area contributed by atoms with Crippen LogP contribution in [0.2, 0.25) is 0 Å². The molecule has 0 aromatic carbocycles. The Bertz CT molecular complexity index is 595. The number of hydrogen-bond donors (Lipinski definition) is 1. The quantitative estimate of drug-likeness (QED) is 0.850. The highest BCUT2D eigenvalue weighted by Gasteiger charge is 2.50. The zero-order valence-corrected chi connectivity index (χ0v) is 15.3. The van der Waals surface area contributed by atoms with Gasteiger partial charge in [-0.25, -0.2) is 13.1 Å². The molecule has 1 saturated carbocycles. The van der Waals surface area contributed by atoms with Crippen LogP contribution in [-0.4, -0.2) is 27.2 Å². The smallest absolute Gasteiger partial charge is 0.241 e. The van der Waals surface area contributed by atoms with E-state index in [1.54, 1.807) is 6.07 Å². The summed E-state index contributed by atoms with van der Waals surface area (Å²) >= 11 is 4.76. The van der Waals surface area contributed by atoms with Gasteiger partial charge in [0.05, 0.1) is 14.8 Å². The van der Waals surface area contributed by atoms with Crippen LogP contribution < -0.4 is 4.72 Å². The van der Waals surface area contributed by atoms with Crippen molar-refractivity contribution >= 4 is 37.3 Å². The minimum absolute atomic E-state index is 0.0814. The molecule has 1 N–H and O–H groups in total. The van der Waals surface area contributed by atoms with Gasteiger partial charge in [0.25, 0.3) is 0 Å². The van der Waals surface area contributed by atoms with E-state index in [4.69, 9.17) is 4.74 Å². The first-order chi connectivity index (χ1) is 9.18. The van der Waals surface area contributed by atoms with Crippen LogP contribution in [0.15, 0.2) is 14.7 Å². The van der Waals surface area contributed by atoms with Gasteiger partial charge in [-0.3, -0.25) is 0 Å². The zero-order chi connectivity index (χ0) is 15.1. The maximum absolute atomic E-state index is 12.5. The van der Waals surface area contributed by atoms with Crippen molar-refractivity contribution in [1.82, 2.24) is 4.72 Å². The van der Waals surface area contributed by atoms with Gasteiger partial charge in [-0.15, -0.1) is 11.3 Å². The normalized spacial score (nSPS) is 25.4. The first-order valence-corrected chi connectivity index (χ1v) is 9.67. The molecule has 2 atom stereocenters. The summed E-state index contributed by atoms with van der Waals surface area (Å²) in [6, 6.07) is 1.58. The fourth-order valence-corrected chi connectivity index (χ4v) is 6.34. The van der Waals surface area contributed by atoms with Crippen molar-refractivity contribution in [3.63, 3.8) is 0 Å². The van der Waals surface area contributed by atoms with Crippen LogP contribution in [0.25, 0.3) is 0 Å². The Morgan fingerprint density at radius 3 is 2.65 bits per heavy atom. The molecule has 1 fully saturated rings. The highest BCUT2D eigenvalue weighted by molar-refractivity contribution is 9.11. The topological polar surface area (TPSA) is 55.4 Å². The molecule has 1 heterocycles. The van der Waals surface area contributed by atoms with Crippen LogP contribution in [0, 0.1) is 12.3 Å². The fraction of sp³-hybridized carbons (Fsp3) is 0.692. The van der Waals surface area contributed by atoms with Crippen LogP contribution in [0.3, 0.4) is 0 Å². The highest BCUT2D eigenvalue weighted by atomic mass is 79.9. The molecule has 20 heavy (non-hydrogen) atoms. The van der Waals surface area contributed by atoms with Gasteiger partial charge < -0.3 is 4.74 Å². The summed E-state index contributed by atoms with van der Waals surface area (Å²) in [6.07, 6.45) is 0.847. The number of thiophene rings is 1. The molecule has 0 bridgehead atoms. The summed E-state index contributed by atoms with van der Waals surface area (Å²) in [7, 11) is -3.46. The number of hydrogen-bond acceptors (Lipinski definition) is 4. The van der Waals surface area contributed by atoms with E-state index in [9.17, 15) is 8.42 Å². The lowest BCUT2D eigenvalue weighted by atomic mass is 9.65. The lowest BCUT2D eigenvalue weighted by Gasteiger charge is -2.51. The zero-order valence-electron chi connectivity index (χ0n) is 12.1. The van der Waals surface area contributed by atoms with E-state index in [0.29, 0.717) is 11.5 Å². The maximum atomic E-state index is 12.5. The Kier molecular flexibility index (Phi) is 4.67. The second-order valence-electron chi connectivity index (χ2n) is 5.65. The van der Waals surface area contributed by atoms with Gasteiger partial charge in [0.15, 0.2) is 0 Å². The SMILES string of the molecule is CCOC1CC(NS(=O)(=O)c2cc(Br)sc2C)C1(C)C. The number of nitrogens with one attached hydrogen (secondary N) is 1. The molecule has 2 rings (SSSR count). The third-order valence-electron chi connectivity index (χ3n) is 3.97. The monoisotopic (exact) mass is 381 g/mol. The summed E-state index contributed by atoms with van der Waals surface area (Å²) < 4.78 is 34.2. The van der Waals surface area contributed by atoms with E-state index in [1.165, 1.54) is 11.3 Å². The van der Waals surface area contributed by atoms with Crippen LogP contribution in [0.5, 0.6) is 0 Å². The predicted molar refractivity (Wildman–Crippen MR) is 84.7 cm³/mol. The fourth-order valence-electron chi connectivity index (χ4n) is 2.52. The molecule has 7 heteroatoms. The second-order valence-corrected chi connectivity index (χ2v) is 9.96. The number of ether oxygens (including phenoxy) is 1. The molecule has 1 aliphatic rings. The van der Waals surface area contributed by atoms with E-state index in [0.717, 1.165) is 15.1 Å². The van der Waals surface area contributed by atoms with Gasteiger partial charge in [0.2, 0.25) is 10.0 Å². The molecule has 1 aliphatic carbocycles. The number of sulfonamides is 1. The van der Waals surface area contributed by atoms with E-state index >= 15 is 0 Å². The third kappa shape index (κ3) is 2.97. The number of halogens is 1. The summed E-state index contributed by atoms with van der Waals surface area (Å²) in [4.78, 5) is 1.16. The maximum Gasteiger partial charge on any atom is 0.241 e. The van der Waals surface area contributed by atoms with E-state index < -0.39 is 10.0 Å². The third-order valence-corrected chi connectivity index (χ3v) is 7.26. The highest BCUT2D eigenvalue weighted by Crippen LogP contribution is 2.43. The molecule has 0 aliphatic heterocycles. The molecular weight excluding hydrogens is 362 g/mol. The van der Waals surface area contributed by atoms with Gasteiger partial charge in [0.1, 0.15) is 0 Å². The van der Waals surface area contributed by atoms with Crippen LogP contribution in [-0.2, 0) is 14.8 Å². The molecule has 0 spiro atoms. The van der Waals surface area contributed by atoms with Crippen LogP contribution >= 0.6 is 27.3 Å². The molecule has 1 aromatic heterocycles. The van der Waals surface area contributed by atoms with Crippen molar-refractivity contribution in [2.24, 2.45) is 5.41 Å². The van der Waals surface area contributed by atoms with Crippen LogP contribution in [0.4, 0.5) is 0 Å². The average molecular weight is 382 g/mol. The first kappa shape index (κ1) is 16.4. The van der Waals surface area contributed by atoms with Crippen molar-refractivity contribution in [3.05, 3.63) is 14.7 Å². The van der Waals surface area contributed by atoms with Gasteiger partial charge in [-0.05, 0) is 42.3 Å². The molecular formula is C13H20BrNO3S2. The summed E-state index contributed by atoms with van der Waals surface area (Å²) in [5.74, 6) is 0. The van der Waals surface area contributed by atoms with Gasteiger partial charge >= 0.3 is 0 Å². The van der Waals surface area contributed by atoms with Crippen molar-refractivity contribution in [3.8, 4) is 0 Å². The average Bonchev–Trinajstić information content (AvgIpc) is 2.68. The molecule has 1 aromatic rings. The van der Waals surface area contributed by atoms with Crippen molar-refractivity contribution in [2.75, 3.05) is 6.61 Å². The molecule has 0 radical (unpaired) electrons. The Morgan fingerprint density at radius 1 is 1.55 bits per heavy atom. The van der Waals surface area contributed by atoms with Gasteiger partial charge in [-0.2, -0.15) is 0 Å². The lowest BCUT2D eigenvalue weighted by Crippen LogP contribution is -2.61. The van der Waals surface area contributed by atoms with Crippen molar-refractivity contribution in [1.29, 1.82) is 0 Å². The molecule has 114 valence electrons. The van der Waals surface area contributed by atoms with Crippen molar-refractivity contribution < 1.29 is 13.2 Å². The molecule has 4 nitrogen and oxygen atoms in total. The largest absolute Gasteiger partial charge is 0.378 e. The van der Waals surface area contributed by atoms with Gasteiger partial charge in [0, 0.05) is 22.9 Å². The lowest BCUT2D eigenvalue weighted by molar-refractivity contribution is -0.108. The second kappa shape index (κ2) is 5.68. The summed E-state index contributed by atoms with van der Waals surface area (Å²) in [5, 5.41) is 0. The van der Waals surface area contributed by atoms with Gasteiger partial charge in [-0.1, -0.05) is 13.8 Å². The first-order valence-electron chi connectivity index (χ1n) is 6.58. The molecule has 0 saturated heterocycles. The Morgan fingerprint density at radius 2 is 2.20 bits per heavy atom. The summed E-state index contributed by atoms with van der Waals surface area (Å²) in [5.41, 5.74) is -0.176. The number of rotatable bonds is 5.